The summed E-state index contributed by atoms with van der Waals surface area (Å²) in [5.74, 6) is 1.51. The van der Waals surface area contributed by atoms with E-state index < -0.39 is 0 Å². The molecule has 3 heteroatoms. The fourth-order valence-electron chi connectivity index (χ4n) is 1.81. The number of hydrogen-bond donors (Lipinski definition) is 0. The third-order valence-corrected chi connectivity index (χ3v) is 3.36. The van der Waals surface area contributed by atoms with E-state index in [4.69, 9.17) is 4.74 Å². The molecule has 18 heavy (non-hydrogen) atoms. The van der Waals surface area contributed by atoms with Crippen LogP contribution in [0.4, 0.5) is 0 Å². The molecule has 96 valence electrons. The second-order valence-corrected chi connectivity index (χ2v) is 4.66. The molecule has 2 rings (SSSR count). The van der Waals surface area contributed by atoms with Crippen LogP contribution in [0, 0.1) is 0 Å². The quantitative estimate of drug-likeness (QED) is 0.804. The molecule has 0 aliphatic carbocycles. The summed E-state index contributed by atoms with van der Waals surface area (Å²) in [6, 6.07) is 8.37. The number of nitrogens with zero attached hydrogens (tertiary/aromatic N) is 2. The van der Waals surface area contributed by atoms with Crippen molar-refractivity contribution in [2.45, 2.75) is 32.8 Å². The lowest BCUT2D eigenvalue weighted by Gasteiger charge is -2.10. The zero-order chi connectivity index (χ0) is 13.0. The number of benzene rings is 1. The van der Waals surface area contributed by atoms with Gasteiger partial charge < -0.3 is 9.30 Å². The normalized spacial score (nSPS) is 12.4. The first-order valence-electron chi connectivity index (χ1n) is 6.38. The van der Waals surface area contributed by atoms with E-state index in [-0.39, 0.29) is 0 Å². The number of aromatic nitrogens is 2. The molecular weight excluding hydrogens is 224 g/mol. The van der Waals surface area contributed by atoms with Crippen LogP contribution in [-0.4, -0.2) is 9.55 Å². The summed E-state index contributed by atoms with van der Waals surface area (Å²) in [6.07, 6.45) is 4.77. The fraction of sp³-hybridized carbons (Fsp3) is 0.400. The summed E-state index contributed by atoms with van der Waals surface area (Å²) < 4.78 is 7.70. The van der Waals surface area contributed by atoms with E-state index in [1.54, 1.807) is 6.33 Å². The molecule has 1 heterocycles. The van der Waals surface area contributed by atoms with Crippen LogP contribution in [0.25, 0.3) is 0 Å². The van der Waals surface area contributed by atoms with Crippen molar-refractivity contribution in [3.63, 3.8) is 0 Å². The highest BCUT2D eigenvalue weighted by atomic mass is 16.5. The Morgan fingerprint density at radius 3 is 2.56 bits per heavy atom. The Labute approximate surface area is 108 Å². The molecule has 0 saturated carbocycles. The Bertz CT molecular complexity index is 487. The minimum atomic E-state index is 0.555. The minimum Gasteiger partial charge on any atom is -0.487 e. The largest absolute Gasteiger partial charge is 0.487 e. The van der Waals surface area contributed by atoms with Crippen LogP contribution in [0.15, 0.2) is 36.8 Å². The van der Waals surface area contributed by atoms with Gasteiger partial charge in [0.05, 0.1) is 18.2 Å². The molecule has 0 saturated heterocycles. The van der Waals surface area contributed by atoms with Crippen LogP contribution in [0.5, 0.6) is 5.75 Å². The third kappa shape index (κ3) is 2.92. The van der Waals surface area contributed by atoms with E-state index in [0.717, 1.165) is 17.9 Å². The maximum absolute atomic E-state index is 5.74. The number of hydrogen-bond acceptors (Lipinski definition) is 2. The van der Waals surface area contributed by atoms with E-state index >= 15 is 0 Å². The van der Waals surface area contributed by atoms with Crippen molar-refractivity contribution in [2.75, 3.05) is 0 Å². The Kier molecular flexibility index (Phi) is 4.03. The number of imidazole rings is 1. The first kappa shape index (κ1) is 12.7. The second kappa shape index (κ2) is 5.71. The standard InChI is InChI=1S/C15H20N2O/c1-4-12(2)13-5-7-15(8-6-13)18-10-14-9-16-11-17(14)3/h5-9,11-12H,4,10H2,1-3H3. The minimum absolute atomic E-state index is 0.555. The maximum atomic E-state index is 5.74. The van der Waals surface area contributed by atoms with Gasteiger partial charge in [-0.2, -0.15) is 0 Å². The number of ether oxygens (including phenoxy) is 1. The zero-order valence-electron chi connectivity index (χ0n) is 11.3. The molecule has 1 atom stereocenters. The van der Waals surface area contributed by atoms with Crippen molar-refractivity contribution < 1.29 is 4.74 Å². The SMILES string of the molecule is CCC(C)c1ccc(OCc2cncn2C)cc1. The fourth-order valence-corrected chi connectivity index (χ4v) is 1.81. The van der Waals surface area contributed by atoms with Crippen LogP contribution in [0.3, 0.4) is 0 Å². The highest BCUT2D eigenvalue weighted by molar-refractivity contribution is 5.29. The van der Waals surface area contributed by atoms with Gasteiger partial charge in [0.2, 0.25) is 0 Å². The van der Waals surface area contributed by atoms with Gasteiger partial charge in [0.1, 0.15) is 12.4 Å². The van der Waals surface area contributed by atoms with Gasteiger partial charge in [-0.15, -0.1) is 0 Å². The van der Waals surface area contributed by atoms with E-state index in [0.29, 0.717) is 12.5 Å². The molecule has 1 unspecified atom stereocenters. The van der Waals surface area contributed by atoms with Crippen molar-refractivity contribution in [1.29, 1.82) is 0 Å². The first-order valence-corrected chi connectivity index (χ1v) is 6.38. The summed E-state index contributed by atoms with van der Waals surface area (Å²) in [6.45, 7) is 5.00. The Morgan fingerprint density at radius 2 is 2.00 bits per heavy atom. The molecule has 0 aliphatic heterocycles. The lowest BCUT2D eigenvalue weighted by Crippen LogP contribution is -2.01. The summed E-state index contributed by atoms with van der Waals surface area (Å²) in [4.78, 5) is 4.07. The Hall–Kier alpha value is -1.77. The zero-order valence-corrected chi connectivity index (χ0v) is 11.3. The molecule has 3 nitrogen and oxygen atoms in total. The molecular formula is C15H20N2O. The molecule has 0 aliphatic rings. The van der Waals surface area contributed by atoms with Crippen molar-refractivity contribution in [1.82, 2.24) is 9.55 Å². The van der Waals surface area contributed by atoms with E-state index in [9.17, 15) is 0 Å². The van der Waals surface area contributed by atoms with Crippen molar-refractivity contribution >= 4 is 0 Å². The summed E-state index contributed by atoms with van der Waals surface area (Å²) in [5.41, 5.74) is 2.44. The highest BCUT2D eigenvalue weighted by Gasteiger charge is 2.03. The van der Waals surface area contributed by atoms with E-state index in [2.05, 4.69) is 31.0 Å². The van der Waals surface area contributed by atoms with Gasteiger partial charge >= 0.3 is 0 Å². The van der Waals surface area contributed by atoms with Crippen LogP contribution in [-0.2, 0) is 13.7 Å². The molecule has 0 spiro atoms. The summed E-state index contributed by atoms with van der Waals surface area (Å²) >= 11 is 0. The molecule has 0 amide bonds. The lowest BCUT2D eigenvalue weighted by molar-refractivity contribution is 0.297. The number of aryl methyl sites for hydroxylation is 1. The van der Waals surface area contributed by atoms with Crippen molar-refractivity contribution in [3.05, 3.63) is 48.0 Å². The maximum Gasteiger partial charge on any atom is 0.130 e. The predicted molar refractivity (Wildman–Crippen MR) is 72.7 cm³/mol. The molecule has 0 fully saturated rings. The predicted octanol–water partition coefficient (Wildman–Crippen LogP) is 3.51. The van der Waals surface area contributed by atoms with Crippen LogP contribution < -0.4 is 4.74 Å². The van der Waals surface area contributed by atoms with E-state index in [1.165, 1.54) is 5.56 Å². The molecule has 1 aromatic heterocycles. The van der Waals surface area contributed by atoms with Gasteiger partial charge in [-0.3, -0.25) is 0 Å². The molecule has 0 radical (unpaired) electrons. The van der Waals surface area contributed by atoms with Gasteiger partial charge in [0.25, 0.3) is 0 Å². The summed E-state index contributed by atoms with van der Waals surface area (Å²) in [5, 5.41) is 0. The smallest absolute Gasteiger partial charge is 0.130 e. The second-order valence-electron chi connectivity index (χ2n) is 4.66. The van der Waals surface area contributed by atoms with Crippen molar-refractivity contribution in [3.8, 4) is 5.75 Å². The molecule has 0 bridgehead atoms. The van der Waals surface area contributed by atoms with Crippen LogP contribution in [0.1, 0.15) is 37.4 Å². The van der Waals surface area contributed by atoms with Crippen LogP contribution in [0.2, 0.25) is 0 Å². The van der Waals surface area contributed by atoms with Gasteiger partial charge in [-0.25, -0.2) is 4.98 Å². The summed E-state index contributed by atoms with van der Waals surface area (Å²) in [7, 11) is 1.97. The Balaban J connectivity index is 1.96. The van der Waals surface area contributed by atoms with E-state index in [1.807, 2.05) is 29.9 Å². The first-order chi connectivity index (χ1) is 8.70. The van der Waals surface area contributed by atoms with Gasteiger partial charge in [0.15, 0.2) is 0 Å². The number of rotatable bonds is 5. The Morgan fingerprint density at radius 1 is 1.28 bits per heavy atom. The average Bonchev–Trinajstić information content (AvgIpc) is 2.81. The average molecular weight is 244 g/mol. The monoisotopic (exact) mass is 244 g/mol. The van der Waals surface area contributed by atoms with Gasteiger partial charge in [0, 0.05) is 7.05 Å². The topological polar surface area (TPSA) is 27.1 Å². The third-order valence-electron chi connectivity index (χ3n) is 3.36. The van der Waals surface area contributed by atoms with Gasteiger partial charge in [-0.1, -0.05) is 26.0 Å². The lowest BCUT2D eigenvalue weighted by atomic mass is 9.99. The molecule has 1 aromatic carbocycles. The highest BCUT2D eigenvalue weighted by Crippen LogP contribution is 2.21. The van der Waals surface area contributed by atoms with Crippen LogP contribution >= 0.6 is 0 Å². The molecule has 2 aromatic rings. The molecule has 0 N–H and O–H groups in total. The van der Waals surface area contributed by atoms with Gasteiger partial charge in [-0.05, 0) is 30.0 Å². The van der Waals surface area contributed by atoms with Crippen molar-refractivity contribution in [2.24, 2.45) is 7.05 Å².